The van der Waals surface area contributed by atoms with E-state index < -0.39 is 4.92 Å². The summed E-state index contributed by atoms with van der Waals surface area (Å²) in [6, 6.07) is 9.65. The highest BCUT2D eigenvalue weighted by atomic mass is 16.6. The third kappa shape index (κ3) is 4.24. The van der Waals surface area contributed by atoms with Crippen molar-refractivity contribution in [2.75, 3.05) is 13.1 Å². The van der Waals surface area contributed by atoms with E-state index in [1.54, 1.807) is 6.20 Å². The van der Waals surface area contributed by atoms with Gasteiger partial charge in [-0.1, -0.05) is 6.07 Å². The molecule has 0 fully saturated rings. The quantitative estimate of drug-likeness (QED) is 0.595. The molecule has 0 aliphatic carbocycles. The average molecular weight is 302 g/mol. The minimum atomic E-state index is -0.448. The molecule has 2 aromatic rings. The van der Waals surface area contributed by atoms with Crippen molar-refractivity contribution in [3.05, 3.63) is 64.0 Å². The monoisotopic (exact) mass is 302 g/mol. The lowest BCUT2D eigenvalue weighted by Gasteiger charge is -2.21. The Bertz CT molecular complexity index is 634. The van der Waals surface area contributed by atoms with Crippen LogP contribution in [0.5, 0.6) is 5.75 Å². The standard InChI is InChI=1S/C15H18N4O3/c16-6-8-18(11-13-3-1-2-7-17-13)10-12-9-14(20)4-5-15(12)19(21)22/h1-5,7,9,20H,6,8,10-11,16H2. The van der Waals surface area contributed by atoms with Crippen LogP contribution in [0.15, 0.2) is 42.6 Å². The fourth-order valence-electron chi connectivity index (χ4n) is 2.23. The molecule has 7 heteroatoms. The lowest BCUT2D eigenvalue weighted by molar-refractivity contribution is -0.385. The van der Waals surface area contributed by atoms with Crippen LogP contribution in [-0.2, 0) is 13.1 Å². The van der Waals surface area contributed by atoms with Crippen LogP contribution < -0.4 is 5.73 Å². The lowest BCUT2D eigenvalue weighted by Crippen LogP contribution is -2.29. The zero-order chi connectivity index (χ0) is 15.9. The van der Waals surface area contributed by atoms with E-state index in [0.29, 0.717) is 31.7 Å². The Balaban J connectivity index is 2.20. The van der Waals surface area contributed by atoms with Gasteiger partial charge in [-0.25, -0.2) is 0 Å². The summed E-state index contributed by atoms with van der Waals surface area (Å²) < 4.78 is 0. The Kier molecular flexibility index (Phi) is 5.40. The molecule has 0 atom stereocenters. The van der Waals surface area contributed by atoms with Crippen molar-refractivity contribution >= 4 is 5.69 Å². The molecule has 0 amide bonds. The molecule has 0 saturated heterocycles. The summed E-state index contributed by atoms with van der Waals surface area (Å²) in [4.78, 5) is 16.9. The first-order chi connectivity index (χ1) is 10.6. The summed E-state index contributed by atoms with van der Waals surface area (Å²) in [5, 5.41) is 20.7. The van der Waals surface area contributed by atoms with E-state index in [1.165, 1.54) is 18.2 Å². The smallest absolute Gasteiger partial charge is 0.274 e. The molecule has 116 valence electrons. The molecule has 0 aliphatic rings. The van der Waals surface area contributed by atoms with Crippen LogP contribution >= 0.6 is 0 Å². The third-order valence-corrected chi connectivity index (χ3v) is 3.21. The SMILES string of the molecule is NCCN(Cc1ccccn1)Cc1cc(O)ccc1[N+](=O)[O-]. The number of hydrogen-bond donors (Lipinski definition) is 2. The maximum Gasteiger partial charge on any atom is 0.274 e. The second-order valence-corrected chi connectivity index (χ2v) is 4.89. The van der Waals surface area contributed by atoms with Crippen LogP contribution in [0.3, 0.4) is 0 Å². The van der Waals surface area contributed by atoms with Crippen molar-refractivity contribution in [1.82, 2.24) is 9.88 Å². The first kappa shape index (κ1) is 15.9. The number of aromatic hydroxyl groups is 1. The fourth-order valence-corrected chi connectivity index (χ4v) is 2.23. The van der Waals surface area contributed by atoms with Crippen molar-refractivity contribution in [1.29, 1.82) is 0 Å². The first-order valence-corrected chi connectivity index (χ1v) is 6.88. The molecular formula is C15H18N4O3. The van der Waals surface area contributed by atoms with Crippen molar-refractivity contribution in [3.8, 4) is 5.75 Å². The summed E-state index contributed by atoms with van der Waals surface area (Å²) >= 11 is 0. The van der Waals surface area contributed by atoms with Gasteiger partial charge in [0.25, 0.3) is 5.69 Å². The zero-order valence-corrected chi connectivity index (χ0v) is 12.1. The molecule has 22 heavy (non-hydrogen) atoms. The topological polar surface area (TPSA) is 106 Å². The molecule has 2 rings (SSSR count). The molecular weight excluding hydrogens is 284 g/mol. The summed E-state index contributed by atoms with van der Waals surface area (Å²) in [6.07, 6.45) is 1.70. The molecule has 0 spiro atoms. The summed E-state index contributed by atoms with van der Waals surface area (Å²) in [5.41, 5.74) is 6.92. The van der Waals surface area contributed by atoms with Crippen LogP contribution in [0.1, 0.15) is 11.3 Å². The summed E-state index contributed by atoms with van der Waals surface area (Å²) in [5.74, 6) is 0.00568. The lowest BCUT2D eigenvalue weighted by atomic mass is 10.1. The molecule has 0 radical (unpaired) electrons. The predicted octanol–water partition coefficient (Wildman–Crippen LogP) is 1.66. The maximum absolute atomic E-state index is 11.1. The normalized spacial score (nSPS) is 10.8. The number of pyridine rings is 1. The second-order valence-electron chi connectivity index (χ2n) is 4.89. The van der Waals surface area contributed by atoms with E-state index in [1.807, 2.05) is 23.1 Å². The van der Waals surface area contributed by atoms with E-state index in [-0.39, 0.29) is 11.4 Å². The van der Waals surface area contributed by atoms with Crippen LogP contribution in [0.25, 0.3) is 0 Å². The number of hydrogen-bond acceptors (Lipinski definition) is 6. The van der Waals surface area contributed by atoms with Gasteiger partial charge in [0.1, 0.15) is 5.75 Å². The molecule has 1 aromatic heterocycles. The molecule has 0 unspecified atom stereocenters. The summed E-state index contributed by atoms with van der Waals surface area (Å²) in [6.45, 7) is 1.85. The number of nitro benzene ring substituents is 1. The van der Waals surface area contributed by atoms with Gasteiger partial charge in [0, 0.05) is 44.0 Å². The van der Waals surface area contributed by atoms with Gasteiger partial charge in [-0.15, -0.1) is 0 Å². The number of phenolic OH excluding ortho intramolecular Hbond substituents is 1. The molecule has 7 nitrogen and oxygen atoms in total. The summed E-state index contributed by atoms with van der Waals surface area (Å²) in [7, 11) is 0. The molecule has 0 aliphatic heterocycles. The van der Waals surface area contributed by atoms with Gasteiger partial charge in [0.15, 0.2) is 0 Å². The van der Waals surface area contributed by atoms with E-state index >= 15 is 0 Å². The van der Waals surface area contributed by atoms with Gasteiger partial charge < -0.3 is 10.8 Å². The number of nitro groups is 1. The highest BCUT2D eigenvalue weighted by Gasteiger charge is 2.17. The largest absolute Gasteiger partial charge is 0.508 e. The number of rotatable bonds is 7. The van der Waals surface area contributed by atoms with E-state index in [4.69, 9.17) is 5.73 Å². The first-order valence-electron chi connectivity index (χ1n) is 6.88. The Labute approximate surface area is 128 Å². The Hall–Kier alpha value is -2.51. The zero-order valence-electron chi connectivity index (χ0n) is 12.1. The van der Waals surface area contributed by atoms with E-state index in [2.05, 4.69) is 4.98 Å². The number of aromatic nitrogens is 1. The van der Waals surface area contributed by atoms with E-state index in [9.17, 15) is 15.2 Å². The minimum absolute atomic E-state index is 0.00568. The van der Waals surface area contributed by atoms with Gasteiger partial charge in [-0.2, -0.15) is 0 Å². The van der Waals surface area contributed by atoms with Gasteiger partial charge in [-0.05, 0) is 24.3 Å². The minimum Gasteiger partial charge on any atom is -0.508 e. The number of nitrogens with two attached hydrogens (primary N) is 1. The second kappa shape index (κ2) is 7.48. The van der Waals surface area contributed by atoms with Gasteiger partial charge in [0.2, 0.25) is 0 Å². The van der Waals surface area contributed by atoms with Crippen molar-refractivity contribution in [2.24, 2.45) is 5.73 Å². The van der Waals surface area contributed by atoms with Gasteiger partial charge >= 0.3 is 0 Å². The number of nitrogens with zero attached hydrogens (tertiary/aromatic N) is 3. The predicted molar refractivity (Wildman–Crippen MR) is 82.2 cm³/mol. The highest BCUT2D eigenvalue weighted by Crippen LogP contribution is 2.25. The number of phenols is 1. The van der Waals surface area contributed by atoms with Crippen LogP contribution in [0.2, 0.25) is 0 Å². The van der Waals surface area contributed by atoms with Crippen molar-refractivity contribution in [2.45, 2.75) is 13.1 Å². The molecule has 0 bridgehead atoms. The molecule has 1 heterocycles. The number of benzene rings is 1. The van der Waals surface area contributed by atoms with Crippen molar-refractivity contribution in [3.63, 3.8) is 0 Å². The fraction of sp³-hybridized carbons (Fsp3) is 0.267. The third-order valence-electron chi connectivity index (χ3n) is 3.21. The van der Waals surface area contributed by atoms with Gasteiger partial charge in [0.05, 0.1) is 10.6 Å². The van der Waals surface area contributed by atoms with Crippen LogP contribution in [0, 0.1) is 10.1 Å². The van der Waals surface area contributed by atoms with Crippen molar-refractivity contribution < 1.29 is 10.0 Å². The maximum atomic E-state index is 11.1. The van der Waals surface area contributed by atoms with Crippen LogP contribution in [-0.4, -0.2) is 33.0 Å². The Morgan fingerprint density at radius 1 is 1.27 bits per heavy atom. The van der Waals surface area contributed by atoms with E-state index in [0.717, 1.165) is 5.69 Å². The Morgan fingerprint density at radius 2 is 2.09 bits per heavy atom. The van der Waals surface area contributed by atoms with Gasteiger partial charge in [-0.3, -0.25) is 20.0 Å². The molecule has 3 N–H and O–H groups in total. The molecule has 1 aromatic carbocycles. The molecule has 0 saturated carbocycles. The Morgan fingerprint density at radius 3 is 2.73 bits per heavy atom. The average Bonchev–Trinajstić information content (AvgIpc) is 2.48. The highest BCUT2D eigenvalue weighted by molar-refractivity contribution is 5.44. The van der Waals surface area contributed by atoms with Crippen LogP contribution in [0.4, 0.5) is 5.69 Å².